The summed E-state index contributed by atoms with van der Waals surface area (Å²) in [4.78, 5) is 22.0. The van der Waals surface area contributed by atoms with Crippen LogP contribution < -0.4 is 10.1 Å². The Morgan fingerprint density at radius 3 is 2.50 bits per heavy atom. The fourth-order valence-corrected chi connectivity index (χ4v) is 1.67. The Morgan fingerprint density at radius 1 is 1.30 bits per heavy atom. The van der Waals surface area contributed by atoms with Crippen LogP contribution in [-0.4, -0.2) is 41.3 Å². The van der Waals surface area contributed by atoms with E-state index < -0.39 is 24.5 Å². The number of amides is 1. The van der Waals surface area contributed by atoms with Crippen LogP contribution in [-0.2, 0) is 9.59 Å². The number of carboxylic acids is 1. The van der Waals surface area contributed by atoms with Crippen molar-refractivity contribution < 1.29 is 24.5 Å². The monoisotopic (exact) mass is 345 g/mol. The smallest absolute Gasteiger partial charge is 0.328 e. The van der Waals surface area contributed by atoms with Crippen molar-refractivity contribution in [3.63, 3.8) is 0 Å². The zero-order valence-electron chi connectivity index (χ0n) is 10.7. The summed E-state index contributed by atoms with van der Waals surface area (Å²) in [6.45, 7) is -0.275. The normalized spacial score (nSPS) is 11.7. The first kappa shape index (κ1) is 16.5. The predicted molar refractivity (Wildman–Crippen MR) is 75.5 cm³/mol. The number of ether oxygens (including phenoxy) is 1. The number of nitrogens with one attached hydrogen (secondary N) is 1. The SMILES string of the molecule is O=C(CCCOc1ccc(Br)cc1)NC(CO)C(=O)O. The molecule has 0 aromatic heterocycles. The summed E-state index contributed by atoms with van der Waals surface area (Å²) >= 11 is 3.31. The molecule has 110 valence electrons. The molecule has 0 radical (unpaired) electrons. The molecule has 0 bridgehead atoms. The van der Waals surface area contributed by atoms with Gasteiger partial charge in [-0.1, -0.05) is 15.9 Å². The van der Waals surface area contributed by atoms with Crippen LogP contribution in [0.1, 0.15) is 12.8 Å². The average Bonchev–Trinajstić information content (AvgIpc) is 2.42. The maximum Gasteiger partial charge on any atom is 0.328 e. The molecule has 1 amide bonds. The van der Waals surface area contributed by atoms with Gasteiger partial charge in [0.05, 0.1) is 13.2 Å². The van der Waals surface area contributed by atoms with Gasteiger partial charge in [0, 0.05) is 10.9 Å². The molecular formula is C13H16BrNO5. The van der Waals surface area contributed by atoms with Gasteiger partial charge in [0.2, 0.25) is 5.91 Å². The molecule has 1 unspecified atom stereocenters. The summed E-state index contributed by atoms with van der Waals surface area (Å²) in [5.41, 5.74) is 0. The van der Waals surface area contributed by atoms with Gasteiger partial charge < -0.3 is 20.3 Å². The van der Waals surface area contributed by atoms with Crippen molar-refractivity contribution in [1.29, 1.82) is 0 Å². The van der Waals surface area contributed by atoms with Crippen LogP contribution in [0, 0.1) is 0 Å². The number of aliphatic carboxylic acids is 1. The van der Waals surface area contributed by atoms with E-state index in [0.717, 1.165) is 4.47 Å². The fourth-order valence-electron chi connectivity index (χ4n) is 1.41. The topological polar surface area (TPSA) is 95.9 Å². The van der Waals surface area contributed by atoms with Gasteiger partial charge in [-0.25, -0.2) is 4.79 Å². The summed E-state index contributed by atoms with van der Waals surface area (Å²) < 4.78 is 6.38. The lowest BCUT2D eigenvalue weighted by Gasteiger charge is -2.11. The Morgan fingerprint density at radius 2 is 1.95 bits per heavy atom. The lowest BCUT2D eigenvalue weighted by atomic mass is 10.2. The van der Waals surface area contributed by atoms with Crippen molar-refractivity contribution in [3.8, 4) is 5.75 Å². The highest BCUT2D eigenvalue weighted by atomic mass is 79.9. The van der Waals surface area contributed by atoms with Crippen molar-refractivity contribution in [2.45, 2.75) is 18.9 Å². The zero-order valence-corrected chi connectivity index (χ0v) is 12.3. The van der Waals surface area contributed by atoms with Gasteiger partial charge in [0.25, 0.3) is 0 Å². The highest BCUT2D eigenvalue weighted by Crippen LogP contribution is 2.16. The Hall–Kier alpha value is -1.60. The molecule has 0 spiro atoms. The minimum Gasteiger partial charge on any atom is -0.494 e. The van der Waals surface area contributed by atoms with E-state index in [1.807, 2.05) is 12.1 Å². The lowest BCUT2D eigenvalue weighted by Crippen LogP contribution is -2.43. The molecule has 0 aliphatic rings. The van der Waals surface area contributed by atoms with Crippen molar-refractivity contribution in [2.75, 3.05) is 13.2 Å². The molecule has 6 nitrogen and oxygen atoms in total. The molecule has 1 atom stereocenters. The lowest BCUT2D eigenvalue weighted by molar-refractivity contribution is -0.142. The maximum atomic E-state index is 11.4. The van der Waals surface area contributed by atoms with Gasteiger partial charge in [0.1, 0.15) is 11.8 Å². The van der Waals surface area contributed by atoms with Gasteiger partial charge in [0.15, 0.2) is 0 Å². The Bertz CT molecular complexity index is 449. The Kier molecular flexibility index (Phi) is 7.03. The van der Waals surface area contributed by atoms with E-state index in [0.29, 0.717) is 18.8 Å². The third kappa shape index (κ3) is 6.03. The molecule has 7 heteroatoms. The van der Waals surface area contributed by atoms with Crippen LogP contribution in [0.15, 0.2) is 28.7 Å². The highest BCUT2D eigenvalue weighted by Gasteiger charge is 2.18. The molecule has 1 aromatic rings. The second kappa shape index (κ2) is 8.55. The molecule has 0 saturated carbocycles. The number of carbonyl (C=O) groups excluding carboxylic acids is 1. The summed E-state index contributed by atoms with van der Waals surface area (Å²) in [5, 5.41) is 19.6. The molecular weight excluding hydrogens is 330 g/mol. The summed E-state index contributed by atoms with van der Waals surface area (Å²) in [6, 6.07) is 6.05. The van der Waals surface area contributed by atoms with E-state index in [1.165, 1.54) is 0 Å². The summed E-state index contributed by atoms with van der Waals surface area (Å²) in [6.07, 6.45) is 0.597. The summed E-state index contributed by atoms with van der Waals surface area (Å²) in [7, 11) is 0. The molecule has 3 N–H and O–H groups in total. The van der Waals surface area contributed by atoms with Crippen molar-refractivity contribution in [1.82, 2.24) is 5.32 Å². The first-order valence-corrected chi connectivity index (χ1v) is 6.83. The Balaban J connectivity index is 2.22. The first-order valence-electron chi connectivity index (χ1n) is 6.04. The molecule has 0 fully saturated rings. The number of hydrogen-bond acceptors (Lipinski definition) is 4. The molecule has 1 aromatic carbocycles. The number of rotatable bonds is 8. The van der Waals surface area contributed by atoms with E-state index in [2.05, 4.69) is 21.2 Å². The molecule has 0 heterocycles. The van der Waals surface area contributed by atoms with E-state index in [9.17, 15) is 9.59 Å². The second-order valence-corrected chi connectivity index (χ2v) is 4.96. The van der Waals surface area contributed by atoms with E-state index in [4.69, 9.17) is 14.9 Å². The van der Waals surface area contributed by atoms with E-state index >= 15 is 0 Å². The van der Waals surface area contributed by atoms with Crippen LogP contribution in [0.5, 0.6) is 5.75 Å². The highest BCUT2D eigenvalue weighted by molar-refractivity contribution is 9.10. The van der Waals surface area contributed by atoms with Gasteiger partial charge in [-0.15, -0.1) is 0 Å². The number of carbonyl (C=O) groups is 2. The van der Waals surface area contributed by atoms with E-state index in [-0.39, 0.29) is 6.42 Å². The number of carboxylic acid groups (broad SMARTS) is 1. The quantitative estimate of drug-likeness (QED) is 0.614. The fraction of sp³-hybridized carbons (Fsp3) is 0.385. The average molecular weight is 346 g/mol. The third-order valence-corrected chi connectivity index (χ3v) is 2.98. The number of halogens is 1. The predicted octanol–water partition coefficient (Wildman–Crippen LogP) is 1.17. The molecule has 0 saturated heterocycles. The van der Waals surface area contributed by atoms with E-state index in [1.54, 1.807) is 12.1 Å². The minimum atomic E-state index is -1.26. The van der Waals surface area contributed by atoms with Crippen molar-refractivity contribution in [2.24, 2.45) is 0 Å². The van der Waals surface area contributed by atoms with Gasteiger partial charge in [-0.05, 0) is 30.7 Å². The van der Waals surface area contributed by atoms with Crippen LogP contribution in [0.2, 0.25) is 0 Å². The standard InChI is InChI=1S/C13H16BrNO5/c14-9-3-5-10(6-4-9)20-7-1-2-12(17)15-11(8-16)13(18)19/h3-6,11,16H,1-2,7-8H2,(H,15,17)(H,18,19). The van der Waals surface area contributed by atoms with Crippen LogP contribution in [0.4, 0.5) is 0 Å². The zero-order chi connectivity index (χ0) is 15.0. The summed E-state index contributed by atoms with van der Waals surface area (Å²) in [5.74, 6) is -0.981. The number of benzene rings is 1. The van der Waals surface area contributed by atoms with Gasteiger partial charge in [-0.3, -0.25) is 4.79 Å². The molecule has 20 heavy (non-hydrogen) atoms. The molecule has 0 aliphatic heterocycles. The van der Waals surface area contributed by atoms with Crippen LogP contribution in [0.25, 0.3) is 0 Å². The number of aliphatic hydroxyl groups excluding tert-OH is 1. The van der Waals surface area contributed by atoms with Crippen molar-refractivity contribution in [3.05, 3.63) is 28.7 Å². The van der Waals surface area contributed by atoms with Crippen LogP contribution >= 0.6 is 15.9 Å². The maximum absolute atomic E-state index is 11.4. The van der Waals surface area contributed by atoms with Crippen molar-refractivity contribution >= 4 is 27.8 Å². The Labute approximate surface area is 124 Å². The number of aliphatic hydroxyl groups is 1. The third-order valence-electron chi connectivity index (χ3n) is 2.45. The molecule has 0 aliphatic carbocycles. The first-order chi connectivity index (χ1) is 9.52. The largest absolute Gasteiger partial charge is 0.494 e. The van der Waals surface area contributed by atoms with Crippen LogP contribution in [0.3, 0.4) is 0 Å². The minimum absolute atomic E-state index is 0.139. The second-order valence-electron chi connectivity index (χ2n) is 4.05. The number of hydrogen-bond donors (Lipinski definition) is 3. The van der Waals surface area contributed by atoms with Gasteiger partial charge in [-0.2, -0.15) is 0 Å². The van der Waals surface area contributed by atoms with Gasteiger partial charge >= 0.3 is 5.97 Å². The molecule has 1 rings (SSSR count).